The van der Waals surface area contributed by atoms with Crippen molar-refractivity contribution in [2.24, 2.45) is 0 Å². The molecule has 1 aliphatic heterocycles. The predicted molar refractivity (Wildman–Crippen MR) is 112 cm³/mol. The third-order valence-electron chi connectivity index (χ3n) is 5.73. The Balaban J connectivity index is 1.59. The molecule has 156 valence electrons. The minimum absolute atomic E-state index is 0.0903. The van der Waals surface area contributed by atoms with Crippen LogP contribution in [-0.2, 0) is 4.79 Å². The highest BCUT2D eigenvalue weighted by Crippen LogP contribution is 2.44. The molecule has 3 aromatic rings. The molecule has 0 radical (unpaired) electrons. The number of Topliss-reactive ketones (excluding diaryl/α,β-unsaturated/α-hetero) is 1. The Hall–Kier alpha value is -3.94. The SMILES string of the molecule is O=C1C[C@@H](c2ccc(F)cc2)CC2=C1[C@H](c1ccc([N+](=O)[O-])o1)Nc1ccccc1N2. The van der Waals surface area contributed by atoms with Gasteiger partial charge in [0.1, 0.15) is 22.5 Å². The van der Waals surface area contributed by atoms with E-state index < -0.39 is 11.0 Å². The number of allylic oxidation sites excluding steroid dienone is 1. The van der Waals surface area contributed by atoms with E-state index in [-0.39, 0.29) is 29.8 Å². The number of anilines is 2. The van der Waals surface area contributed by atoms with Gasteiger partial charge in [-0.05, 0) is 48.2 Å². The van der Waals surface area contributed by atoms with E-state index in [2.05, 4.69) is 10.6 Å². The number of hydrogen-bond donors (Lipinski definition) is 2. The van der Waals surface area contributed by atoms with Crippen LogP contribution in [0.15, 0.2) is 76.4 Å². The number of fused-ring (bicyclic) bond motifs is 1. The minimum Gasteiger partial charge on any atom is -0.403 e. The summed E-state index contributed by atoms with van der Waals surface area (Å²) < 4.78 is 18.8. The standard InChI is InChI=1S/C23H18FN3O4/c24-15-7-5-13(6-8-15)14-11-18-22(19(28)12-14)23(20-9-10-21(31-20)27(29)30)26-17-4-2-1-3-16(17)25-18/h1-10,14,23,25-26H,11-12H2/t14-,23-/m0/s1. The molecule has 0 amide bonds. The average Bonchev–Trinajstić information content (AvgIpc) is 3.18. The van der Waals surface area contributed by atoms with E-state index in [4.69, 9.17) is 4.42 Å². The van der Waals surface area contributed by atoms with Gasteiger partial charge in [-0.1, -0.05) is 24.3 Å². The Morgan fingerprint density at radius 1 is 1.00 bits per heavy atom. The monoisotopic (exact) mass is 419 g/mol. The lowest BCUT2D eigenvalue weighted by Gasteiger charge is -2.29. The first-order valence-corrected chi connectivity index (χ1v) is 9.88. The number of nitro groups is 1. The lowest BCUT2D eigenvalue weighted by molar-refractivity contribution is -0.402. The Labute approximate surface area is 176 Å². The van der Waals surface area contributed by atoms with E-state index in [0.717, 1.165) is 22.6 Å². The first kappa shape index (κ1) is 19.0. The molecule has 2 aromatic carbocycles. The van der Waals surface area contributed by atoms with Crippen molar-refractivity contribution in [3.63, 3.8) is 0 Å². The number of carbonyl (C=O) groups excluding carboxylic acids is 1. The molecule has 2 N–H and O–H groups in total. The molecular formula is C23H18FN3O4. The summed E-state index contributed by atoms with van der Waals surface area (Å²) in [5, 5.41) is 17.8. The van der Waals surface area contributed by atoms with Gasteiger partial charge in [0.05, 0.1) is 17.4 Å². The highest BCUT2D eigenvalue weighted by molar-refractivity contribution is 6.01. The molecule has 1 aliphatic carbocycles. The number of para-hydroxylation sites is 2. The molecule has 8 heteroatoms. The zero-order chi connectivity index (χ0) is 21.5. The van der Waals surface area contributed by atoms with Crippen molar-refractivity contribution < 1.29 is 18.5 Å². The van der Waals surface area contributed by atoms with Crippen LogP contribution in [0.2, 0.25) is 0 Å². The van der Waals surface area contributed by atoms with Crippen molar-refractivity contribution in [1.82, 2.24) is 0 Å². The Morgan fingerprint density at radius 2 is 1.74 bits per heavy atom. The number of halogens is 1. The molecule has 5 rings (SSSR count). The van der Waals surface area contributed by atoms with Gasteiger partial charge in [-0.2, -0.15) is 0 Å². The summed E-state index contributed by atoms with van der Waals surface area (Å²) in [4.78, 5) is 23.8. The minimum atomic E-state index is -0.665. The first-order valence-electron chi connectivity index (χ1n) is 9.88. The topological polar surface area (TPSA) is 97.4 Å². The molecule has 0 bridgehead atoms. The van der Waals surface area contributed by atoms with Gasteiger partial charge in [0, 0.05) is 17.7 Å². The molecule has 0 saturated carbocycles. The summed E-state index contributed by atoms with van der Waals surface area (Å²) >= 11 is 0. The first-order chi connectivity index (χ1) is 15.0. The van der Waals surface area contributed by atoms with Crippen LogP contribution in [-0.4, -0.2) is 10.7 Å². The summed E-state index contributed by atoms with van der Waals surface area (Å²) in [6, 6.07) is 15.8. The number of rotatable bonds is 3. The van der Waals surface area contributed by atoms with Gasteiger partial charge < -0.3 is 15.1 Å². The summed E-state index contributed by atoms with van der Waals surface area (Å²) in [5.41, 5.74) is 3.67. The van der Waals surface area contributed by atoms with Gasteiger partial charge in [0.15, 0.2) is 5.78 Å². The maximum Gasteiger partial charge on any atom is 0.433 e. The largest absolute Gasteiger partial charge is 0.433 e. The molecule has 0 saturated heterocycles. The third-order valence-corrected chi connectivity index (χ3v) is 5.73. The van der Waals surface area contributed by atoms with Crippen molar-refractivity contribution in [3.05, 3.63) is 99.2 Å². The van der Waals surface area contributed by atoms with Crippen LogP contribution in [0.3, 0.4) is 0 Å². The van der Waals surface area contributed by atoms with Crippen LogP contribution >= 0.6 is 0 Å². The summed E-state index contributed by atoms with van der Waals surface area (Å²) in [7, 11) is 0. The van der Waals surface area contributed by atoms with Crippen LogP contribution < -0.4 is 10.6 Å². The van der Waals surface area contributed by atoms with Gasteiger partial charge in [-0.3, -0.25) is 14.9 Å². The number of benzene rings is 2. The number of nitrogens with zero attached hydrogens (tertiary/aromatic N) is 1. The predicted octanol–water partition coefficient (Wildman–Crippen LogP) is 5.31. The number of carbonyl (C=O) groups is 1. The lowest BCUT2D eigenvalue weighted by atomic mass is 9.79. The van der Waals surface area contributed by atoms with Gasteiger partial charge in [-0.15, -0.1) is 0 Å². The molecule has 1 aromatic heterocycles. The molecule has 0 unspecified atom stereocenters. The molecule has 0 spiro atoms. The number of ketones is 1. The van der Waals surface area contributed by atoms with E-state index in [1.54, 1.807) is 12.1 Å². The van der Waals surface area contributed by atoms with Gasteiger partial charge in [-0.25, -0.2) is 4.39 Å². The van der Waals surface area contributed by atoms with Gasteiger partial charge in [0.25, 0.3) is 0 Å². The van der Waals surface area contributed by atoms with E-state index in [1.807, 2.05) is 24.3 Å². The highest BCUT2D eigenvalue weighted by atomic mass is 19.1. The second kappa shape index (κ2) is 7.39. The van der Waals surface area contributed by atoms with Crippen molar-refractivity contribution in [1.29, 1.82) is 0 Å². The second-order valence-corrected chi connectivity index (χ2v) is 7.65. The summed E-state index contributed by atoms with van der Waals surface area (Å²) in [6.07, 6.45) is 0.797. The fraction of sp³-hybridized carbons (Fsp3) is 0.174. The Kier molecular flexibility index (Phi) is 4.54. The van der Waals surface area contributed by atoms with Crippen molar-refractivity contribution >= 4 is 23.0 Å². The van der Waals surface area contributed by atoms with Crippen LogP contribution in [0.1, 0.15) is 36.1 Å². The third kappa shape index (κ3) is 3.46. The van der Waals surface area contributed by atoms with Crippen LogP contribution in [0.5, 0.6) is 0 Å². The van der Waals surface area contributed by atoms with E-state index in [0.29, 0.717) is 17.8 Å². The van der Waals surface area contributed by atoms with Crippen LogP contribution in [0.25, 0.3) is 0 Å². The molecule has 31 heavy (non-hydrogen) atoms. The zero-order valence-electron chi connectivity index (χ0n) is 16.3. The van der Waals surface area contributed by atoms with Crippen molar-refractivity contribution in [2.45, 2.75) is 24.8 Å². The summed E-state index contributed by atoms with van der Waals surface area (Å²) in [5.74, 6) is -0.595. The maximum atomic E-state index is 13.4. The molecular weight excluding hydrogens is 401 g/mol. The molecule has 2 heterocycles. The molecule has 2 aliphatic rings. The van der Waals surface area contributed by atoms with E-state index in [9.17, 15) is 19.3 Å². The number of hydrogen-bond acceptors (Lipinski definition) is 6. The van der Waals surface area contributed by atoms with Crippen LogP contribution in [0.4, 0.5) is 21.6 Å². The van der Waals surface area contributed by atoms with Gasteiger partial charge in [0.2, 0.25) is 0 Å². The number of furan rings is 1. The van der Waals surface area contributed by atoms with Gasteiger partial charge >= 0.3 is 5.88 Å². The molecule has 7 nitrogen and oxygen atoms in total. The zero-order valence-corrected chi connectivity index (χ0v) is 16.3. The average molecular weight is 419 g/mol. The number of nitrogens with one attached hydrogen (secondary N) is 2. The maximum absolute atomic E-state index is 13.4. The lowest BCUT2D eigenvalue weighted by Crippen LogP contribution is -2.26. The Morgan fingerprint density at radius 3 is 2.45 bits per heavy atom. The Bertz CT molecular complexity index is 1220. The van der Waals surface area contributed by atoms with E-state index in [1.165, 1.54) is 24.3 Å². The molecule has 2 atom stereocenters. The fourth-order valence-corrected chi connectivity index (χ4v) is 4.27. The van der Waals surface area contributed by atoms with E-state index >= 15 is 0 Å². The smallest absolute Gasteiger partial charge is 0.403 e. The highest BCUT2D eigenvalue weighted by Gasteiger charge is 2.37. The molecule has 0 fully saturated rings. The van der Waals surface area contributed by atoms with Crippen LogP contribution in [0, 0.1) is 15.9 Å². The normalized spacial score (nSPS) is 20.2. The summed E-state index contributed by atoms with van der Waals surface area (Å²) in [6.45, 7) is 0. The quantitative estimate of drug-likeness (QED) is 0.441. The van der Waals surface area contributed by atoms with Crippen molar-refractivity contribution in [2.75, 3.05) is 10.6 Å². The second-order valence-electron chi connectivity index (χ2n) is 7.65. The van der Waals surface area contributed by atoms with Crippen molar-refractivity contribution in [3.8, 4) is 0 Å². The fourth-order valence-electron chi connectivity index (χ4n) is 4.27.